The van der Waals surface area contributed by atoms with Crippen LogP contribution in [-0.2, 0) is 0 Å². The zero-order chi connectivity index (χ0) is 13.4. The summed E-state index contributed by atoms with van der Waals surface area (Å²) >= 11 is 3.20. The first-order chi connectivity index (χ1) is 9.13. The van der Waals surface area contributed by atoms with Crippen LogP contribution in [0.25, 0.3) is 0 Å². The smallest absolute Gasteiger partial charge is 0.285 e. The first-order valence-electron chi connectivity index (χ1n) is 6.49. The number of nitrogens with zero attached hydrogens (tertiary/aromatic N) is 1. The maximum atomic E-state index is 10.9. The molecule has 0 aromatic heterocycles. The molecule has 0 aliphatic heterocycles. The Labute approximate surface area is 120 Å². The quantitative estimate of drug-likeness (QED) is 0.518. The van der Waals surface area contributed by atoms with Gasteiger partial charge in [0.15, 0.2) is 0 Å². The molecule has 5 heteroatoms. The zero-order valence-corrected chi connectivity index (χ0v) is 12.0. The van der Waals surface area contributed by atoms with E-state index in [0.29, 0.717) is 16.3 Å². The van der Waals surface area contributed by atoms with Crippen LogP contribution in [0.5, 0.6) is 0 Å². The summed E-state index contributed by atoms with van der Waals surface area (Å²) in [6.45, 7) is 0.893. The SMILES string of the molecule is O=[N+]([O-])c1cc(NCC2CC3C=CC2C3)ccc1Br. The average molecular weight is 323 g/mol. The monoisotopic (exact) mass is 322 g/mol. The molecular weight excluding hydrogens is 308 g/mol. The number of rotatable bonds is 4. The van der Waals surface area contributed by atoms with Gasteiger partial charge in [-0.1, -0.05) is 12.2 Å². The van der Waals surface area contributed by atoms with E-state index in [1.54, 1.807) is 12.1 Å². The van der Waals surface area contributed by atoms with Gasteiger partial charge in [0.25, 0.3) is 5.69 Å². The zero-order valence-electron chi connectivity index (χ0n) is 10.4. The molecule has 1 aromatic rings. The molecule has 19 heavy (non-hydrogen) atoms. The van der Waals surface area contributed by atoms with E-state index in [-0.39, 0.29) is 10.6 Å². The Kier molecular flexibility index (Phi) is 3.31. The summed E-state index contributed by atoms with van der Waals surface area (Å²) in [4.78, 5) is 10.5. The minimum absolute atomic E-state index is 0.109. The molecule has 2 aliphatic rings. The van der Waals surface area contributed by atoms with Gasteiger partial charge in [-0.2, -0.15) is 0 Å². The predicted molar refractivity (Wildman–Crippen MR) is 78.1 cm³/mol. The van der Waals surface area contributed by atoms with Crippen molar-refractivity contribution in [3.05, 3.63) is 44.9 Å². The molecule has 2 aliphatic carbocycles. The fourth-order valence-electron chi connectivity index (χ4n) is 3.14. The van der Waals surface area contributed by atoms with Gasteiger partial charge in [-0.3, -0.25) is 10.1 Å². The number of hydrogen-bond donors (Lipinski definition) is 1. The van der Waals surface area contributed by atoms with Crippen LogP contribution in [-0.4, -0.2) is 11.5 Å². The van der Waals surface area contributed by atoms with E-state index in [9.17, 15) is 10.1 Å². The van der Waals surface area contributed by atoms with Crippen molar-refractivity contribution in [1.82, 2.24) is 0 Å². The highest BCUT2D eigenvalue weighted by molar-refractivity contribution is 9.10. The third-order valence-electron chi connectivity index (χ3n) is 4.13. The molecule has 4 nitrogen and oxygen atoms in total. The minimum Gasteiger partial charge on any atom is -0.385 e. The standard InChI is InChI=1S/C14H15BrN2O2/c15-13-4-3-12(7-14(13)17(18)19)16-8-11-6-9-1-2-10(11)5-9/h1-4,7,9-11,16H,5-6,8H2. The van der Waals surface area contributed by atoms with E-state index >= 15 is 0 Å². The van der Waals surface area contributed by atoms with Gasteiger partial charge in [0.1, 0.15) is 0 Å². The summed E-state index contributed by atoms with van der Waals surface area (Å²) in [6, 6.07) is 5.19. The maximum Gasteiger partial charge on any atom is 0.285 e. The van der Waals surface area contributed by atoms with Crippen molar-refractivity contribution in [3.8, 4) is 0 Å². The number of nitro benzene ring substituents is 1. The lowest BCUT2D eigenvalue weighted by molar-refractivity contribution is -0.385. The third kappa shape index (κ3) is 2.52. The highest BCUT2D eigenvalue weighted by atomic mass is 79.9. The van der Waals surface area contributed by atoms with Crippen LogP contribution in [0, 0.1) is 27.9 Å². The van der Waals surface area contributed by atoms with Crippen molar-refractivity contribution < 1.29 is 4.92 Å². The average Bonchev–Trinajstić information content (AvgIpc) is 2.99. The molecule has 0 spiro atoms. The molecule has 100 valence electrons. The molecule has 3 unspecified atom stereocenters. The summed E-state index contributed by atoms with van der Waals surface area (Å²) in [5.74, 6) is 2.12. The fraction of sp³-hybridized carbons (Fsp3) is 0.429. The minimum atomic E-state index is -0.366. The van der Waals surface area contributed by atoms with Gasteiger partial charge in [0, 0.05) is 18.3 Å². The highest BCUT2D eigenvalue weighted by Crippen LogP contribution is 2.43. The molecule has 0 radical (unpaired) electrons. The summed E-state index contributed by atoms with van der Waals surface area (Å²) in [5.41, 5.74) is 0.930. The summed E-state index contributed by atoms with van der Waals surface area (Å²) in [5, 5.41) is 14.2. The van der Waals surface area contributed by atoms with Crippen LogP contribution < -0.4 is 5.32 Å². The molecule has 1 N–H and O–H groups in total. The van der Waals surface area contributed by atoms with Crippen molar-refractivity contribution in [3.63, 3.8) is 0 Å². The Morgan fingerprint density at radius 1 is 1.37 bits per heavy atom. The van der Waals surface area contributed by atoms with Gasteiger partial charge >= 0.3 is 0 Å². The summed E-state index contributed by atoms with van der Waals surface area (Å²) in [7, 11) is 0. The summed E-state index contributed by atoms with van der Waals surface area (Å²) in [6.07, 6.45) is 7.18. The molecular formula is C14H15BrN2O2. The van der Waals surface area contributed by atoms with Crippen LogP contribution in [0.1, 0.15) is 12.8 Å². The lowest BCUT2D eigenvalue weighted by atomic mass is 9.93. The predicted octanol–water partition coefficient (Wildman–Crippen LogP) is 3.98. The first kappa shape index (κ1) is 12.7. The molecule has 0 saturated heterocycles. The number of hydrogen-bond acceptors (Lipinski definition) is 3. The van der Waals surface area contributed by atoms with Gasteiger partial charge in [0.05, 0.1) is 9.40 Å². The number of fused-ring (bicyclic) bond motifs is 2. The van der Waals surface area contributed by atoms with Gasteiger partial charge in [-0.25, -0.2) is 0 Å². The van der Waals surface area contributed by atoms with Crippen molar-refractivity contribution >= 4 is 27.3 Å². The Hall–Kier alpha value is -1.36. The van der Waals surface area contributed by atoms with E-state index in [1.165, 1.54) is 12.8 Å². The van der Waals surface area contributed by atoms with Crippen LogP contribution in [0.3, 0.4) is 0 Å². The number of anilines is 1. The topological polar surface area (TPSA) is 55.2 Å². The largest absolute Gasteiger partial charge is 0.385 e. The number of halogens is 1. The molecule has 1 aromatic carbocycles. The van der Waals surface area contributed by atoms with E-state index in [4.69, 9.17) is 0 Å². The second-order valence-corrected chi connectivity index (χ2v) is 6.20. The highest BCUT2D eigenvalue weighted by Gasteiger charge is 2.35. The molecule has 3 atom stereocenters. The van der Waals surface area contributed by atoms with Crippen molar-refractivity contribution in [2.45, 2.75) is 12.8 Å². The molecule has 3 rings (SSSR count). The second kappa shape index (κ2) is 4.96. The normalized spacial score (nSPS) is 27.7. The number of nitrogens with one attached hydrogen (secondary N) is 1. The third-order valence-corrected chi connectivity index (χ3v) is 4.80. The van der Waals surface area contributed by atoms with Crippen molar-refractivity contribution in [1.29, 1.82) is 0 Å². The second-order valence-electron chi connectivity index (χ2n) is 5.34. The number of nitro groups is 1. The van der Waals surface area contributed by atoms with E-state index in [1.807, 2.05) is 6.07 Å². The Balaban J connectivity index is 1.66. The van der Waals surface area contributed by atoms with Gasteiger partial charge in [-0.15, -0.1) is 0 Å². The lowest BCUT2D eigenvalue weighted by Crippen LogP contribution is -2.18. The van der Waals surface area contributed by atoms with Gasteiger partial charge in [-0.05, 0) is 58.7 Å². The number of allylic oxidation sites excluding steroid dienone is 2. The Morgan fingerprint density at radius 2 is 2.21 bits per heavy atom. The Morgan fingerprint density at radius 3 is 2.84 bits per heavy atom. The molecule has 0 heterocycles. The van der Waals surface area contributed by atoms with Crippen LogP contribution >= 0.6 is 15.9 Å². The van der Waals surface area contributed by atoms with Gasteiger partial charge in [0.2, 0.25) is 0 Å². The molecule has 0 amide bonds. The fourth-order valence-corrected chi connectivity index (χ4v) is 3.53. The van der Waals surface area contributed by atoms with Gasteiger partial charge < -0.3 is 5.32 Å². The Bertz CT molecular complexity index is 544. The van der Waals surface area contributed by atoms with E-state index in [2.05, 4.69) is 33.4 Å². The van der Waals surface area contributed by atoms with Crippen molar-refractivity contribution in [2.24, 2.45) is 17.8 Å². The first-order valence-corrected chi connectivity index (χ1v) is 7.29. The molecule has 2 bridgehead atoms. The molecule has 1 fully saturated rings. The van der Waals surface area contributed by atoms with E-state index in [0.717, 1.165) is 18.2 Å². The van der Waals surface area contributed by atoms with Crippen molar-refractivity contribution in [2.75, 3.05) is 11.9 Å². The number of benzene rings is 1. The summed E-state index contributed by atoms with van der Waals surface area (Å²) < 4.78 is 0.519. The molecule has 1 saturated carbocycles. The van der Waals surface area contributed by atoms with Crippen LogP contribution in [0.15, 0.2) is 34.8 Å². The van der Waals surface area contributed by atoms with Crippen LogP contribution in [0.4, 0.5) is 11.4 Å². The van der Waals surface area contributed by atoms with E-state index < -0.39 is 0 Å². The lowest BCUT2D eigenvalue weighted by Gasteiger charge is -2.19. The van der Waals surface area contributed by atoms with Crippen LogP contribution in [0.2, 0.25) is 0 Å². The maximum absolute atomic E-state index is 10.9.